The van der Waals surface area contributed by atoms with Crippen LogP contribution < -0.4 is 20.1 Å². The highest BCUT2D eigenvalue weighted by Gasteiger charge is 2.09. The van der Waals surface area contributed by atoms with Gasteiger partial charge in [0.15, 0.2) is 5.96 Å². The number of hydrogen-bond acceptors (Lipinski definition) is 4. The van der Waals surface area contributed by atoms with Crippen LogP contribution in [-0.4, -0.2) is 57.8 Å². The topological polar surface area (TPSA) is 58.1 Å². The van der Waals surface area contributed by atoms with Gasteiger partial charge in [-0.15, -0.1) is 0 Å². The molecule has 0 aromatic heterocycles. The van der Waals surface area contributed by atoms with Gasteiger partial charge < -0.3 is 25.0 Å². The zero-order chi connectivity index (χ0) is 19.4. The van der Waals surface area contributed by atoms with Crippen LogP contribution in [-0.2, 0) is 6.54 Å². The van der Waals surface area contributed by atoms with E-state index in [1.54, 1.807) is 21.3 Å². The molecule has 0 spiro atoms. The molecule has 0 bridgehead atoms. The summed E-state index contributed by atoms with van der Waals surface area (Å²) < 4.78 is 10.7. The van der Waals surface area contributed by atoms with Gasteiger partial charge in [-0.2, -0.15) is 0 Å². The number of nitrogens with one attached hydrogen (secondary N) is 2. The van der Waals surface area contributed by atoms with Crippen molar-refractivity contribution < 1.29 is 9.47 Å². The van der Waals surface area contributed by atoms with Crippen molar-refractivity contribution in [3.63, 3.8) is 0 Å². The third kappa shape index (κ3) is 7.52. The first-order chi connectivity index (χ1) is 12.6. The lowest BCUT2D eigenvalue weighted by molar-refractivity contribution is 0.292. The maximum Gasteiger partial charge on any atom is 0.191 e. The Balaban J connectivity index is 2.48. The van der Waals surface area contributed by atoms with Gasteiger partial charge in [-0.05, 0) is 51.5 Å². The van der Waals surface area contributed by atoms with Crippen molar-refractivity contribution >= 4 is 5.96 Å². The third-order valence-corrected chi connectivity index (χ3v) is 4.55. The van der Waals surface area contributed by atoms with E-state index in [0.29, 0.717) is 12.6 Å². The number of guanidine groups is 1. The molecule has 0 fully saturated rings. The maximum absolute atomic E-state index is 5.45. The van der Waals surface area contributed by atoms with Crippen LogP contribution in [0.1, 0.15) is 39.2 Å². The first-order valence-electron chi connectivity index (χ1n) is 9.48. The van der Waals surface area contributed by atoms with Gasteiger partial charge in [0.2, 0.25) is 0 Å². The molecule has 6 heteroatoms. The van der Waals surface area contributed by atoms with Crippen molar-refractivity contribution in [1.82, 2.24) is 15.5 Å². The Hall–Kier alpha value is -1.95. The average molecular weight is 365 g/mol. The van der Waals surface area contributed by atoms with E-state index in [0.717, 1.165) is 49.1 Å². The Morgan fingerprint density at radius 1 is 1.19 bits per heavy atom. The number of benzene rings is 1. The summed E-state index contributed by atoms with van der Waals surface area (Å²) in [6.07, 6.45) is 2.29. The average Bonchev–Trinajstić information content (AvgIpc) is 2.68. The summed E-state index contributed by atoms with van der Waals surface area (Å²) in [6, 6.07) is 6.20. The number of hydrogen-bond donors (Lipinski definition) is 2. The summed E-state index contributed by atoms with van der Waals surface area (Å²) in [4.78, 5) is 6.78. The molecule has 26 heavy (non-hydrogen) atoms. The fraction of sp³-hybridized carbons (Fsp3) is 0.650. The molecule has 1 atom stereocenters. The smallest absolute Gasteiger partial charge is 0.191 e. The molecule has 0 amide bonds. The van der Waals surface area contributed by atoms with Gasteiger partial charge in [-0.1, -0.05) is 13.8 Å². The maximum atomic E-state index is 5.45. The molecule has 0 saturated heterocycles. The molecular weight excluding hydrogens is 328 g/mol. The highest BCUT2D eigenvalue weighted by Crippen LogP contribution is 2.24. The van der Waals surface area contributed by atoms with Gasteiger partial charge >= 0.3 is 0 Å². The van der Waals surface area contributed by atoms with Crippen LogP contribution in [0, 0.1) is 0 Å². The summed E-state index contributed by atoms with van der Waals surface area (Å²) in [5, 5.41) is 6.82. The highest BCUT2D eigenvalue weighted by molar-refractivity contribution is 5.80. The normalized spacial score (nSPS) is 12.8. The number of methoxy groups -OCH3 is 2. The lowest BCUT2D eigenvalue weighted by atomic mass is 10.1. The predicted molar refractivity (Wildman–Crippen MR) is 109 cm³/mol. The molecule has 0 aliphatic rings. The summed E-state index contributed by atoms with van der Waals surface area (Å²) >= 11 is 0. The van der Waals surface area contributed by atoms with Crippen LogP contribution in [0.3, 0.4) is 0 Å². The van der Waals surface area contributed by atoms with Gasteiger partial charge in [0.05, 0.1) is 14.2 Å². The number of ether oxygens (including phenoxy) is 2. The van der Waals surface area contributed by atoms with E-state index in [-0.39, 0.29) is 0 Å². The molecule has 1 aromatic rings. The largest absolute Gasteiger partial charge is 0.497 e. The van der Waals surface area contributed by atoms with Crippen LogP contribution in [0.5, 0.6) is 11.5 Å². The summed E-state index contributed by atoms with van der Waals surface area (Å²) in [5.41, 5.74) is 1.06. The Morgan fingerprint density at radius 2 is 1.92 bits per heavy atom. The number of nitrogens with zero attached hydrogens (tertiary/aromatic N) is 2. The Labute approximate surface area is 159 Å². The monoisotopic (exact) mass is 364 g/mol. The number of rotatable bonds is 11. The molecule has 0 heterocycles. The molecule has 148 valence electrons. The second-order valence-electron chi connectivity index (χ2n) is 6.32. The molecule has 6 nitrogen and oxygen atoms in total. The van der Waals surface area contributed by atoms with Crippen LogP contribution in [0.2, 0.25) is 0 Å². The molecule has 0 aliphatic heterocycles. The first-order valence-corrected chi connectivity index (χ1v) is 9.48. The second-order valence-corrected chi connectivity index (χ2v) is 6.32. The first kappa shape index (κ1) is 22.1. The molecular formula is C20H36N4O2. The second kappa shape index (κ2) is 12.4. The lowest BCUT2D eigenvalue weighted by Gasteiger charge is -2.21. The molecule has 0 aliphatic carbocycles. The van der Waals surface area contributed by atoms with E-state index in [4.69, 9.17) is 9.47 Å². The Kier molecular flexibility index (Phi) is 10.5. The Morgan fingerprint density at radius 3 is 2.50 bits per heavy atom. The molecule has 1 unspecified atom stereocenters. The highest BCUT2D eigenvalue weighted by atomic mass is 16.5. The standard InChI is InChI=1S/C20H36N4O2/c1-7-24(8-2)13-9-10-16(3)23-20(21-4)22-15-17-11-12-18(25-5)14-19(17)26-6/h11-12,14,16H,7-10,13,15H2,1-6H3,(H2,21,22,23). The van der Waals surface area contributed by atoms with Gasteiger partial charge in [-0.3, -0.25) is 4.99 Å². The van der Waals surface area contributed by atoms with Crippen molar-refractivity contribution in [2.45, 2.75) is 46.2 Å². The van der Waals surface area contributed by atoms with Gasteiger partial charge in [0, 0.05) is 31.3 Å². The van der Waals surface area contributed by atoms with Gasteiger partial charge in [0.25, 0.3) is 0 Å². The van der Waals surface area contributed by atoms with Crippen molar-refractivity contribution in [2.24, 2.45) is 4.99 Å². The summed E-state index contributed by atoms with van der Waals surface area (Å²) in [5.74, 6) is 2.40. The summed E-state index contributed by atoms with van der Waals surface area (Å²) in [6.45, 7) is 10.6. The zero-order valence-corrected chi connectivity index (χ0v) is 17.3. The number of aliphatic imine (C=N–C) groups is 1. The fourth-order valence-corrected chi connectivity index (χ4v) is 2.84. The van der Waals surface area contributed by atoms with Crippen LogP contribution in [0.4, 0.5) is 0 Å². The Bertz CT molecular complexity index is 545. The van der Waals surface area contributed by atoms with E-state index in [1.807, 2.05) is 18.2 Å². The molecule has 2 N–H and O–H groups in total. The minimum Gasteiger partial charge on any atom is -0.497 e. The lowest BCUT2D eigenvalue weighted by Crippen LogP contribution is -2.42. The van der Waals surface area contributed by atoms with E-state index in [9.17, 15) is 0 Å². The van der Waals surface area contributed by atoms with E-state index in [2.05, 4.69) is 41.3 Å². The molecule has 0 radical (unpaired) electrons. The molecule has 1 aromatic carbocycles. The molecule has 0 saturated carbocycles. The quantitative estimate of drug-likeness (QED) is 0.467. The van der Waals surface area contributed by atoms with Crippen LogP contribution in [0.15, 0.2) is 23.2 Å². The van der Waals surface area contributed by atoms with E-state index < -0.39 is 0 Å². The fourth-order valence-electron chi connectivity index (χ4n) is 2.84. The van der Waals surface area contributed by atoms with Gasteiger partial charge in [0.1, 0.15) is 11.5 Å². The summed E-state index contributed by atoms with van der Waals surface area (Å²) in [7, 11) is 5.12. The minimum atomic E-state index is 0.370. The molecule has 1 rings (SSSR count). The van der Waals surface area contributed by atoms with Crippen LogP contribution in [0.25, 0.3) is 0 Å². The van der Waals surface area contributed by atoms with Crippen molar-refractivity contribution in [3.05, 3.63) is 23.8 Å². The van der Waals surface area contributed by atoms with Crippen molar-refractivity contribution in [2.75, 3.05) is 40.9 Å². The van der Waals surface area contributed by atoms with E-state index in [1.165, 1.54) is 6.42 Å². The predicted octanol–water partition coefficient (Wildman–Crippen LogP) is 2.88. The van der Waals surface area contributed by atoms with Crippen molar-refractivity contribution in [1.29, 1.82) is 0 Å². The third-order valence-electron chi connectivity index (χ3n) is 4.55. The zero-order valence-electron chi connectivity index (χ0n) is 17.3. The van der Waals surface area contributed by atoms with Crippen LogP contribution >= 0.6 is 0 Å². The minimum absolute atomic E-state index is 0.370. The SMILES string of the molecule is CCN(CC)CCCC(C)NC(=NC)NCc1ccc(OC)cc1OC. The van der Waals surface area contributed by atoms with Crippen molar-refractivity contribution in [3.8, 4) is 11.5 Å². The van der Waals surface area contributed by atoms with Gasteiger partial charge in [-0.25, -0.2) is 0 Å². The van der Waals surface area contributed by atoms with E-state index >= 15 is 0 Å².